The number of carbonyl (C=O) groups is 2. The number of nitrogens with two attached hydrogens (primary N) is 1. The zero-order valence-corrected chi connectivity index (χ0v) is 19.0. The second kappa shape index (κ2) is 9.04. The largest absolute Gasteiger partial charge is 0.444 e. The van der Waals surface area contributed by atoms with Gasteiger partial charge in [-0.3, -0.25) is 9.48 Å². The van der Waals surface area contributed by atoms with Crippen LogP contribution in [-0.4, -0.2) is 50.4 Å². The Bertz CT molecular complexity index is 1050. The van der Waals surface area contributed by atoms with Crippen LogP contribution in [0.5, 0.6) is 0 Å². The second-order valence-corrected chi connectivity index (χ2v) is 9.11. The average Bonchev–Trinajstić information content (AvgIpc) is 3.12. The summed E-state index contributed by atoms with van der Waals surface area (Å²) in [7, 11) is 0. The lowest BCUT2D eigenvalue weighted by Gasteiger charge is -2.40. The molecule has 0 bridgehead atoms. The van der Waals surface area contributed by atoms with Crippen LogP contribution in [0.2, 0.25) is 5.15 Å². The quantitative estimate of drug-likeness (QED) is 0.653. The van der Waals surface area contributed by atoms with Gasteiger partial charge in [-0.25, -0.2) is 9.78 Å². The van der Waals surface area contributed by atoms with Crippen LogP contribution in [0.1, 0.15) is 50.4 Å². The van der Waals surface area contributed by atoms with E-state index in [2.05, 4.69) is 21.5 Å². The van der Waals surface area contributed by atoms with Gasteiger partial charge in [0, 0.05) is 31.2 Å². The number of nitriles is 1. The van der Waals surface area contributed by atoms with Crippen molar-refractivity contribution in [3.8, 4) is 6.07 Å². The SMILES string of the molecule is CC(C)(C)OC(=O)N1CCC(CC#N)(n2cc(C(N)=O)c(Nc3ccnc(Cl)c3)n2)CC1. The van der Waals surface area contributed by atoms with Crippen molar-refractivity contribution < 1.29 is 14.3 Å². The van der Waals surface area contributed by atoms with Crippen molar-refractivity contribution in [3.63, 3.8) is 0 Å². The molecule has 0 aliphatic carbocycles. The number of likely N-dealkylation sites (tertiary alicyclic amines) is 1. The molecule has 2 aromatic heterocycles. The number of nitrogens with zero attached hydrogens (tertiary/aromatic N) is 5. The van der Waals surface area contributed by atoms with Gasteiger partial charge in [0.15, 0.2) is 5.82 Å². The highest BCUT2D eigenvalue weighted by molar-refractivity contribution is 6.29. The first kappa shape index (κ1) is 23.3. The third-order valence-corrected chi connectivity index (χ3v) is 5.42. The van der Waals surface area contributed by atoms with Crippen molar-refractivity contribution in [3.05, 3.63) is 35.2 Å². The number of pyridine rings is 1. The molecule has 1 aliphatic rings. The van der Waals surface area contributed by atoms with Crippen LogP contribution in [0.25, 0.3) is 0 Å². The number of hydrogen-bond donors (Lipinski definition) is 2. The Morgan fingerprint density at radius 2 is 2.06 bits per heavy atom. The van der Waals surface area contributed by atoms with Crippen LogP contribution in [0.3, 0.4) is 0 Å². The van der Waals surface area contributed by atoms with Crippen molar-refractivity contribution in [1.82, 2.24) is 19.7 Å². The van der Waals surface area contributed by atoms with Gasteiger partial charge in [0.1, 0.15) is 16.3 Å². The smallest absolute Gasteiger partial charge is 0.410 e. The summed E-state index contributed by atoms with van der Waals surface area (Å²) in [6.07, 6.45) is 3.79. The minimum atomic E-state index is -0.687. The van der Waals surface area contributed by atoms with Gasteiger partial charge in [0.25, 0.3) is 5.91 Å². The van der Waals surface area contributed by atoms with Crippen LogP contribution in [0.15, 0.2) is 24.5 Å². The molecule has 1 saturated heterocycles. The number of piperidine rings is 1. The molecular formula is C21H26ClN7O3. The zero-order valence-electron chi connectivity index (χ0n) is 18.3. The fourth-order valence-corrected chi connectivity index (χ4v) is 3.75. The second-order valence-electron chi connectivity index (χ2n) is 8.72. The lowest BCUT2D eigenvalue weighted by atomic mass is 9.85. The van der Waals surface area contributed by atoms with E-state index in [1.54, 1.807) is 27.9 Å². The Morgan fingerprint density at radius 1 is 1.38 bits per heavy atom. The summed E-state index contributed by atoms with van der Waals surface area (Å²) in [5.41, 5.74) is 5.07. The Balaban J connectivity index is 1.86. The van der Waals surface area contributed by atoms with Crippen molar-refractivity contribution in [2.45, 2.75) is 51.2 Å². The van der Waals surface area contributed by atoms with Crippen molar-refractivity contribution in [2.24, 2.45) is 5.73 Å². The van der Waals surface area contributed by atoms with E-state index in [0.29, 0.717) is 31.6 Å². The molecule has 0 aromatic carbocycles. The molecule has 2 amide bonds. The predicted octanol–water partition coefficient (Wildman–Crippen LogP) is 3.41. The Morgan fingerprint density at radius 3 is 2.62 bits per heavy atom. The van der Waals surface area contributed by atoms with E-state index < -0.39 is 23.1 Å². The van der Waals surface area contributed by atoms with Crippen molar-refractivity contribution >= 4 is 35.1 Å². The molecule has 11 heteroatoms. The lowest BCUT2D eigenvalue weighted by Crippen LogP contribution is -2.49. The molecular weight excluding hydrogens is 434 g/mol. The summed E-state index contributed by atoms with van der Waals surface area (Å²) in [5, 5.41) is 17.4. The summed E-state index contributed by atoms with van der Waals surface area (Å²) in [5.74, 6) is -0.399. The zero-order chi connectivity index (χ0) is 23.5. The van der Waals surface area contributed by atoms with Crippen LogP contribution < -0.4 is 11.1 Å². The Kier molecular flexibility index (Phi) is 6.60. The number of aromatic nitrogens is 3. The fourth-order valence-electron chi connectivity index (χ4n) is 3.57. The number of rotatable bonds is 5. The maximum atomic E-state index is 12.4. The molecule has 32 heavy (non-hydrogen) atoms. The number of primary amides is 1. The highest BCUT2D eigenvalue weighted by atomic mass is 35.5. The van der Waals surface area contributed by atoms with E-state index in [9.17, 15) is 14.9 Å². The first-order valence-corrected chi connectivity index (χ1v) is 10.5. The Hall–Kier alpha value is -3.32. The molecule has 3 heterocycles. The van der Waals surface area contributed by atoms with E-state index in [4.69, 9.17) is 22.1 Å². The van der Waals surface area contributed by atoms with E-state index in [1.165, 1.54) is 6.20 Å². The molecule has 0 unspecified atom stereocenters. The number of nitrogens with one attached hydrogen (secondary N) is 1. The predicted molar refractivity (Wildman–Crippen MR) is 119 cm³/mol. The number of ether oxygens (including phenoxy) is 1. The summed E-state index contributed by atoms with van der Waals surface area (Å²) < 4.78 is 7.07. The third kappa shape index (κ3) is 5.29. The minimum Gasteiger partial charge on any atom is -0.444 e. The maximum Gasteiger partial charge on any atom is 0.410 e. The Labute approximate surface area is 191 Å². The van der Waals surface area contributed by atoms with Gasteiger partial charge in [-0.15, -0.1) is 0 Å². The number of amides is 2. The molecule has 1 aliphatic heterocycles. The van der Waals surface area contributed by atoms with Crippen LogP contribution >= 0.6 is 11.6 Å². The van der Waals surface area contributed by atoms with E-state index in [0.717, 1.165) is 0 Å². The van der Waals surface area contributed by atoms with E-state index in [1.807, 2.05) is 20.8 Å². The van der Waals surface area contributed by atoms with Crippen LogP contribution in [-0.2, 0) is 10.3 Å². The average molecular weight is 460 g/mol. The van der Waals surface area contributed by atoms with Crippen LogP contribution in [0.4, 0.5) is 16.3 Å². The van der Waals surface area contributed by atoms with Gasteiger partial charge in [-0.1, -0.05) is 11.6 Å². The molecule has 1 fully saturated rings. The third-order valence-electron chi connectivity index (χ3n) is 5.21. The first-order valence-electron chi connectivity index (χ1n) is 10.2. The summed E-state index contributed by atoms with van der Waals surface area (Å²) >= 11 is 5.94. The van der Waals surface area contributed by atoms with E-state index >= 15 is 0 Å². The minimum absolute atomic E-state index is 0.162. The number of carbonyl (C=O) groups excluding carboxylic acids is 2. The molecule has 0 radical (unpaired) electrons. The monoisotopic (exact) mass is 459 g/mol. The van der Waals surface area contributed by atoms with Gasteiger partial charge in [-0.2, -0.15) is 10.4 Å². The molecule has 0 atom stereocenters. The summed E-state index contributed by atoms with van der Waals surface area (Å²) in [6, 6.07) is 5.49. The molecule has 3 rings (SSSR count). The van der Waals surface area contributed by atoms with Gasteiger partial charge in [0.2, 0.25) is 0 Å². The lowest BCUT2D eigenvalue weighted by molar-refractivity contribution is 0.0105. The van der Waals surface area contributed by atoms with Gasteiger partial charge in [0.05, 0.1) is 18.0 Å². The highest BCUT2D eigenvalue weighted by Gasteiger charge is 2.40. The molecule has 0 saturated carbocycles. The fraction of sp³-hybridized carbons (Fsp3) is 0.476. The molecule has 10 nitrogen and oxygen atoms in total. The van der Waals surface area contributed by atoms with Crippen LogP contribution in [0, 0.1) is 11.3 Å². The molecule has 2 aromatic rings. The maximum absolute atomic E-state index is 12.4. The topological polar surface area (TPSA) is 139 Å². The molecule has 3 N–H and O–H groups in total. The van der Waals surface area contributed by atoms with Gasteiger partial charge >= 0.3 is 6.09 Å². The van der Waals surface area contributed by atoms with Crippen molar-refractivity contribution in [2.75, 3.05) is 18.4 Å². The molecule has 0 spiro atoms. The van der Waals surface area contributed by atoms with Crippen molar-refractivity contribution in [1.29, 1.82) is 5.26 Å². The first-order chi connectivity index (χ1) is 15.0. The molecule has 170 valence electrons. The van der Waals surface area contributed by atoms with Gasteiger partial charge in [-0.05, 0) is 45.7 Å². The summed E-state index contributed by atoms with van der Waals surface area (Å²) in [6.45, 7) is 6.23. The van der Waals surface area contributed by atoms with Gasteiger partial charge < -0.3 is 20.7 Å². The number of hydrogen-bond acceptors (Lipinski definition) is 7. The standard InChI is InChI=1S/C21H26ClN7O3/c1-20(2,3)32-19(31)28-10-6-21(5-8-23,7-11-28)29-13-15(17(24)30)18(27-29)26-14-4-9-25-16(22)12-14/h4,9,12-13H,5-7,10-11H2,1-3H3,(H2,24,30)(H,25,26,27). The number of anilines is 2. The highest BCUT2D eigenvalue weighted by Crippen LogP contribution is 2.35. The number of halogens is 1. The van der Waals surface area contributed by atoms with E-state index in [-0.39, 0.29) is 23.0 Å². The normalized spacial score (nSPS) is 15.7. The summed E-state index contributed by atoms with van der Waals surface area (Å²) in [4.78, 5) is 30.0.